The zero-order valence-electron chi connectivity index (χ0n) is 13.0. The molecule has 2 aromatic carbocycles. The van der Waals surface area contributed by atoms with Crippen molar-refractivity contribution in [2.45, 2.75) is 13.8 Å². The fourth-order valence-corrected chi connectivity index (χ4v) is 2.40. The van der Waals surface area contributed by atoms with E-state index >= 15 is 0 Å². The van der Waals surface area contributed by atoms with E-state index in [2.05, 4.69) is 15.6 Å². The van der Waals surface area contributed by atoms with Gasteiger partial charge < -0.3 is 5.32 Å². The van der Waals surface area contributed by atoms with Crippen molar-refractivity contribution in [2.24, 2.45) is 0 Å². The quantitative estimate of drug-likeness (QED) is 0.783. The lowest BCUT2D eigenvalue weighted by Gasteiger charge is -2.06. The summed E-state index contributed by atoms with van der Waals surface area (Å²) in [5, 5.41) is 11.2. The molecule has 24 heavy (non-hydrogen) atoms. The molecular formula is C17H14ClFN4O. The number of rotatable bonds is 3. The molecule has 122 valence electrons. The molecule has 0 saturated carbocycles. The molecule has 1 N–H and O–H groups in total. The lowest BCUT2D eigenvalue weighted by molar-refractivity contribution is 0.102. The van der Waals surface area contributed by atoms with Crippen LogP contribution >= 0.6 is 11.6 Å². The first-order valence-corrected chi connectivity index (χ1v) is 7.59. The molecule has 0 unspecified atom stereocenters. The number of hydrogen-bond donors (Lipinski definition) is 1. The Kier molecular flexibility index (Phi) is 4.31. The van der Waals surface area contributed by atoms with E-state index < -0.39 is 5.91 Å². The smallest absolute Gasteiger partial charge is 0.278 e. The van der Waals surface area contributed by atoms with Crippen LogP contribution in [0.1, 0.15) is 21.7 Å². The summed E-state index contributed by atoms with van der Waals surface area (Å²) in [6, 6.07) is 11.0. The minimum absolute atomic E-state index is 0.191. The van der Waals surface area contributed by atoms with Crippen LogP contribution in [0.2, 0.25) is 5.02 Å². The third kappa shape index (κ3) is 3.14. The van der Waals surface area contributed by atoms with Gasteiger partial charge in [0.1, 0.15) is 5.82 Å². The molecule has 0 atom stereocenters. The second-order valence-corrected chi connectivity index (χ2v) is 5.74. The monoisotopic (exact) mass is 344 g/mol. The van der Waals surface area contributed by atoms with Crippen LogP contribution in [-0.4, -0.2) is 20.9 Å². The first-order chi connectivity index (χ1) is 11.5. The number of benzene rings is 2. The Bertz CT molecular complexity index is 905. The van der Waals surface area contributed by atoms with E-state index in [4.69, 9.17) is 11.6 Å². The second-order valence-electron chi connectivity index (χ2n) is 5.33. The lowest BCUT2D eigenvalue weighted by atomic mass is 10.2. The standard InChI is InChI=1S/C17H14ClFN4O/c1-10-3-8-14(9-15(10)18)23-11(2)16(21-22-23)17(24)20-13-6-4-12(19)5-7-13/h3-9H,1-2H3,(H,20,24). The first kappa shape index (κ1) is 16.1. The molecule has 3 rings (SSSR count). The van der Waals surface area contributed by atoms with E-state index in [1.54, 1.807) is 17.7 Å². The van der Waals surface area contributed by atoms with E-state index in [9.17, 15) is 9.18 Å². The summed E-state index contributed by atoms with van der Waals surface area (Å²) >= 11 is 6.13. The van der Waals surface area contributed by atoms with Crippen molar-refractivity contribution in [1.29, 1.82) is 0 Å². The van der Waals surface area contributed by atoms with Crippen LogP contribution < -0.4 is 5.32 Å². The van der Waals surface area contributed by atoms with Crippen molar-refractivity contribution in [1.82, 2.24) is 15.0 Å². The Hall–Kier alpha value is -2.73. The summed E-state index contributed by atoms with van der Waals surface area (Å²) in [5.74, 6) is -0.782. The maximum atomic E-state index is 12.9. The fraction of sp³-hybridized carbons (Fsp3) is 0.118. The number of carbonyl (C=O) groups is 1. The number of carbonyl (C=O) groups excluding carboxylic acids is 1. The molecular weight excluding hydrogens is 331 g/mol. The van der Waals surface area contributed by atoms with Crippen LogP contribution in [0.25, 0.3) is 5.69 Å². The highest BCUT2D eigenvalue weighted by atomic mass is 35.5. The Labute approximate surface area is 143 Å². The Morgan fingerprint density at radius 3 is 2.54 bits per heavy atom. The van der Waals surface area contributed by atoms with Gasteiger partial charge in [-0.2, -0.15) is 0 Å². The molecule has 0 saturated heterocycles. The van der Waals surface area contributed by atoms with Crippen LogP contribution in [0.3, 0.4) is 0 Å². The van der Waals surface area contributed by atoms with Crippen molar-refractivity contribution in [2.75, 3.05) is 5.32 Å². The summed E-state index contributed by atoms with van der Waals surface area (Å²) in [6.45, 7) is 3.65. The predicted octanol–water partition coefficient (Wildman–Crippen LogP) is 3.93. The summed E-state index contributed by atoms with van der Waals surface area (Å²) < 4.78 is 14.5. The van der Waals surface area contributed by atoms with E-state index in [0.29, 0.717) is 16.4 Å². The highest BCUT2D eigenvalue weighted by Gasteiger charge is 2.18. The van der Waals surface area contributed by atoms with Crippen molar-refractivity contribution in [3.05, 3.63) is 70.3 Å². The third-order valence-corrected chi connectivity index (χ3v) is 4.02. The number of aromatic nitrogens is 3. The van der Waals surface area contributed by atoms with Gasteiger partial charge in [0.2, 0.25) is 0 Å². The van der Waals surface area contributed by atoms with E-state index in [1.807, 2.05) is 19.1 Å². The molecule has 0 aliphatic carbocycles. The number of nitrogens with one attached hydrogen (secondary N) is 1. The van der Waals surface area contributed by atoms with E-state index in [-0.39, 0.29) is 11.5 Å². The maximum absolute atomic E-state index is 12.9. The van der Waals surface area contributed by atoms with Gasteiger partial charge in [0.25, 0.3) is 5.91 Å². The third-order valence-electron chi connectivity index (χ3n) is 3.61. The fourth-order valence-electron chi connectivity index (χ4n) is 2.22. The largest absolute Gasteiger partial charge is 0.321 e. The topological polar surface area (TPSA) is 59.8 Å². The van der Waals surface area contributed by atoms with Crippen LogP contribution in [0, 0.1) is 19.7 Å². The second kappa shape index (κ2) is 6.41. The molecule has 3 aromatic rings. The lowest BCUT2D eigenvalue weighted by Crippen LogP contribution is -2.14. The van der Waals surface area contributed by atoms with Gasteiger partial charge in [-0.1, -0.05) is 22.9 Å². The number of aryl methyl sites for hydroxylation is 1. The van der Waals surface area contributed by atoms with Crippen LogP contribution in [0.5, 0.6) is 0 Å². The molecule has 1 amide bonds. The highest BCUT2D eigenvalue weighted by molar-refractivity contribution is 6.31. The number of hydrogen-bond acceptors (Lipinski definition) is 3. The molecule has 7 heteroatoms. The van der Waals surface area contributed by atoms with Crippen molar-refractivity contribution >= 4 is 23.2 Å². The first-order valence-electron chi connectivity index (χ1n) is 7.21. The van der Waals surface area contributed by atoms with Crippen LogP contribution in [-0.2, 0) is 0 Å². The van der Waals surface area contributed by atoms with Gasteiger partial charge in [0.05, 0.1) is 11.4 Å². The van der Waals surface area contributed by atoms with E-state index in [0.717, 1.165) is 11.3 Å². The minimum Gasteiger partial charge on any atom is -0.321 e. The average Bonchev–Trinajstić information content (AvgIpc) is 2.94. The maximum Gasteiger partial charge on any atom is 0.278 e. The minimum atomic E-state index is -0.413. The Morgan fingerprint density at radius 2 is 1.88 bits per heavy atom. The summed E-state index contributed by atoms with van der Waals surface area (Å²) in [4.78, 5) is 12.3. The van der Waals surface area contributed by atoms with Gasteiger partial charge in [-0.15, -0.1) is 5.10 Å². The Balaban J connectivity index is 1.87. The number of halogens is 2. The van der Waals surface area contributed by atoms with Gasteiger partial charge in [-0.3, -0.25) is 4.79 Å². The molecule has 0 radical (unpaired) electrons. The molecule has 1 aromatic heterocycles. The van der Waals surface area contributed by atoms with Crippen LogP contribution in [0.4, 0.5) is 10.1 Å². The van der Waals surface area contributed by atoms with Crippen molar-refractivity contribution in [3.8, 4) is 5.69 Å². The van der Waals surface area contributed by atoms with Gasteiger partial charge in [-0.05, 0) is 55.8 Å². The number of nitrogens with zero attached hydrogens (tertiary/aromatic N) is 3. The Morgan fingerprint density at radius 1 is 1.17 bits per heavy atom. The molecule has 0 aliphatic heterocycles. The highest BCUT2D eigenvalue weighted by Crippen LogP contribution is 2.21. The molecule has 0 aliphatic rings. The molecule has 0 spiro atoms. The molecule has 1 heterocycles. The van der Waals surface area contributed by atoms with Crippen LogP contribution in [0.15, 0.2) is 42.5 Å². The molecule has 5 nitrogen and oxygen atoms in total. The molecule has 0 fully saturated rings. The average molecular weight is 345 g/mol. The summed E-state index contributed by atoms with van der Waals surface area (Å²) in [7, 11) is 0. The van der Waals surface area contributed by atoms with Gasteiger partial charge in [-0.25, -0.2) is 9.07 Å². The number of anilines is 1. The number of amides is 1. The zero-order chi connectivity index (χ0) is 17.3. The van der Waals surface area contributed by atoms with E-state index in [1.165, 1.54) is 24.3 Å². The van der Waals surface area contributed by atoms with Gasteiger partial charge >= 0.3 is 0 Å². The zero-order valence-corrected chi connectivity index (χ0v) is 13.8. The summed E-state index contributed by atoms with van der Waals surface area (Å²) in [5.41, 5.74) is 2.92. The molecule has 0 bridgehead atoms. The summed E-state index contributed by atoms with van der Waals surface area (Å²) in [6.07, 6.45) is 0. The van der Waals surface area contributed by atoms with Gasteiger partial charge in [0, 0.05) is 10.7 Å². The van der Waals surface area contributed by atoms with Crippen molar-refractivity contribution < 1.29 is 9.18 Å². The SMILES string of the molecule is Cc1ccc(-n2nnc(C(=O)Nc3ccc(F)cc3)c2C)cc1Cl. The van der Waals surface area contributed by atoms with Gasteiger partial charge in [0.15, 0.2) is 5.69 Å². The normalized spacial score (nSPS) is 10.7. The van der Waals surface area contributed by atoms with Crippen molar-refractivity contribution in [3.63, 3.8) is 0 Å². The predicted molar refractivity (Wildman–Crippen MR) is 90.2 cm³/mol.